The van der Waals surface area contributed by atoms with Gasteiger partial charge >= 0.3 is 12.0 Å². The van der Waals surface area contributed by atoms with Crippen LogP contribution in [0.5, 0.6) is 0 Å². The second-order valence-corrected chi connectivity index (χ2v) is 5.31. The van der Waals surface area contributed by atoms with E-state index in [1.54, 1.807) is 6.07 Å². The van der Waals surface area contributed by atoms with Crippen LogP contribution in [0.1, 0.15) is 21.5 Å². The Hall–Kier alpha value is -3.42. The maximum absolute atomic E-state index is 11.8. The molecule has 0 spiro atoms. The lowest BCUT2D eigenvalue weighted by Gasteiger charge is -2.10. The largest absolute Gasteiger partial charge is 0.452 e. The molecule has 1 aromatic heterocycles. The van der Waals surface area contributed by atoms with Gasteiger partial charge in [-0.15, -0.1) is 0 Å². The molecule has 1 aromatic carbocycles. The lowest BCUT2D eigenvalue weighted by atomic mass is 10.1. The zero-order chi connectivity index (χ0) is 18.4. The third kappa shape index (κ3) is 5.03. The number of rotatable bonds is 4. The Labute approximate surface area is 143 Å². The first-order valence-electron chi connectivity index (χ1n) is 7.39. The van der Waals surface area contributed by atoms with Crippen molar-refractivity contribution in [2.24, 2.45) is 0 Å². The molecule has 0 unspecified atom stereocenters. The number of aryl methyl sites for hydroxylation is 2. The first-order valence-corrected chi connectivity index (χ1v) is 7.39. The second-order valence-electron chi connectivity index (χ2n) is 5.31. The van der Waals surface area contributed by atoms with E-state index in [1.165, 1.54) is 18.3 Å². The summed E-state index contributed by atoms with van der Waals surface area (Å²) in [4.78, 5) is 48.9. The minimum absolute atomic E-state index is 0.227. The minimum Gasteiger partial charge on any atom is -0.452 e. The van der Waals surface area contributed by atoms with Crippen LogP contribution < -0.4 is 16.2 Å². The number of amides is 3. The van der Waals surface area contributed by atoms with E-state index < -0.39 is 30.1 Å². The highest BCUT2D eigenvalue weighted by atomic mass is 16.5. The van der Waals surface area contributed by atoms with Crippen molar-refractivity contribution in [3.05, 3.63) is 63.6 Å². The quantitative estimate of drug-likeness (QED) is 0.727. The molecule has 0 fully saturated rings. The molecular weight excluding hydrogens is 326 g/mol. The summed E-state index contributed by atoms with van der Waals surface area (Å²) in [6, 6.07) is 7.41. The van der Waals surface area contributed by atoms with Gasteiger partial charge in [0.05, 0.1) is 0 Å². The van der Waals surface area contributed by atoms with Crippen LogP contribution in [0.25, 0.3) is 0 Å². The van der Waals surface area contributed by atoms with E-state index in [2.05, 4.69) is 10.3 Å². The smallest absolute Gasteiger partial charge is 0.344 e. The van der Waals surface area contributed by atoms with Crippen LogP contribution in [0.15, 0.2) is 41.3 Å². The minimum atomic E-state index is -0.952. The normalized spacial score (nSPS) is 10.0. The number of aromatic amines is 1. The Morgan fingerprint density at radius 3 is 2.60 bits per heavy atom. The van der Waals surface area contributed by atoms with Gasteiger partial charge in [-0.2, -0.15) is 0 Å². The van der Waals surface area contributed by atoms with Gasteiger partial charge in [-0.3, -0.25) is 14.9 Å². The number of benzene rings is 1. The molecule has 3 N–H and O–H groups in total. The number of urea groups is 1. The number of carbonyl (C=O) groups excluding carboxylic acids is 3. The number of hydrogen-bond acceptors (Lipinski definition) is 5. The van der Waals surface area contributed by atoms with Crippen molar-refractivity contribution in [2.45, 2.75) is 13.8 Å². The van der Waals surface area contributed by atoms with Gasteiger partial charge in [0, 0.05) is 11.9 Å². The van der Waals surface area contributed by atoms with Gasteiger partial charge in [0.15, 0.2) is 6.61 Å². The molecule has 0 atom stereocenters. The molecule has 0 saturated heterocycles. The molecule has 1 heterocycles. The van der Waals surface area contributed by atoms with Crippen LogP contribution in [-0.2, 0) is 9.53 Å². The number of esters is 1. The van der Waals surface area contributed by atoms with Gasteiger partial charge in [-0.1, -0.05) is 17.7 Å². The Bertz CT molecular complexity index is 873. The van der Waals surface area contributed by atoms with Gasteiger partial charge in [-0.05, 0) is 37.6 Å². The number of hydrogen-bond donors (Lipinski definition) is 3. The predicted molar refractivity (Wildman–Crippen MR) is 90.4 cm³/mol. The average Bonchev–Trinajstić information content (AvgIpc) is 2.55. The Kier molecular flexibility index (Phi) is 5.67. The SMILES string of the molecule is Cc1ccc(NC(=O)NC(=O)COC(=O)c2ccc[nH]c2=O)c(C)c1. The zero-order valence-corrected chi connectivity index (χ0v) is 13.7. The second kappa shape index (κ2) is 7.91. The summed E-state index contributed by atoms with van der Waals surface area (Å²) < 4.78 is 4.71. The first-order chi connectivity index (χ1) is 11.9. The Morgan fingerprint density at radius 1 is 1.16 bits per heavy atom. The highest BCUT2D eigenvalue weighted by Crippen LogP contribution is 2.15. The molecule has 2 aromatic rings. The van der Waals surface area contributed by atoms with Crippen LogP contribution in [0, 0.1) is 13.8 Å². The van der Waals surface area contributed by atoms with Gasteiger partial charge in [0.2, 0.25) is 0 Å². The van der Waals surface area contributed by atoms with E-state index in [0.717, 1.165) is 11.1 Å². The predicted octanol–water partition coefficient (Wildman–Crippen LogP) is 1.50. The van der Waals surface area contributed by atoms with Gasteiger partial charge in [-0.25, -0.2) is 9.59 Å². The number of imide groups is 1. The van der Waals surface area contributed by atoms with E-state index in [9.17, 15) is 19.2 Å². The first kappa shape index (κ1) is 17.9. The van der Waals surface area contributed by atoms with Crippen LogP contribution in [-0.4, -0.2) is 29.5 Å². The molecule has 0 aliphatic heterocycles. The van der Waals surface area contributed by atoms with Crippen molar-refractivity contribution in [1.29, 1.82) is 0 Å². The maximum Gasteiger partial charge on any atom is 0.344 e. The molecule has 0 aliphatic carbocycles. The summed E-state index contributed by atoms with van der Waals surface area (Å²) in [7, 11) is 0. The lowest BCUT2D eigenvalue weighted by molar-refractivity contribution is -0.123. The summed E-state index contributed by atoms with van der Waals surface area (Å²) in [6.45, 7) is 3.06. The van der Waals surface area contributed by atoms with E-state index >= 15 is 0 Å². The number of aromatic nitrogens is 1. The molecule has 0 saturated carbocycles. The molecule has 3 amide bonds. The fourth-order valence-corrected chi connectivity index (χ4v) is 2.06. The summed E-state index contributed by atoms with van der Waals surface area (Å²) in [5, 5.41) is 4.57. The number of nitrogens with one attached hydrogen (secondary N) is 3. The average molecular weight is 343 g/mol. The molecule has 0 aliphatic rings. The van der Waals surface area contributed by atoms with E-state index in [4.69, 9.17) is 4.74 Å². The van der Waals surface area contributed by atoms with E-state index in [0.29, 0.717) is 5.69 Å². The maximum atomic E-state index is 11.8. The molecular formula is C17H17N3O5. The zero-order valence-electron chi connectivity index (χ0n) is 13.7. The van der Waals surface area contributed by atoms with Crippen LogP contribution in [0.4, 0.5) is 10.5 Å². The van der Waals surface area contributed by atoms with Gasteiger partial charge in [0.1, 0.15) is 5.56 Å². The number of H-pyrrole nitrogens is 1. The third-order valence-corrected chi connectivity index (χ3v) is 3.26. The standard InChI is InChI=1S/C17H17N3O5/c1-10-5-6-13(11(2)8-10)19-17(24)20-14(21)9-25-16(23)12-4-3-7-18-15(12)22/h3-8H,9H2,1-2H3,(H,18,22)(H2,19,20,21,24). The van der Waals surface area contributed by atoms with Gasteiger partial charge in [0.25, 0.3) is 11.5 Å². The van der Waals surface area contributed by atoms with Crippen LogP contribution >= 0.6 is 0 Å². The third-order valence-electron chi connectivity index (χ3n) is 3.26. The summed E-state index contributed by atoms with van der Waals surface area (Å²) in [5.74, 6) is -1.77. The van der Waals surface area contributed by atoms with E-state index in [-0.39, 0.29) is 5.56 Å². The van der Waals surface area contributed by atoms with Crippen molar-refractivity contribution in [1.82, 2.24) is 10.3 Å². The van der Waals surface area contributed by atoms with Gasteiger partial charge < -0.3 is 15.0 Å². The summed E-state index contributed by atoms with van der Waals surface area (Å²) in [6.07, 6.45) is 1.36. The summed E-state index contributed by atoms with van der Waals surface area (Å²) in [5.41, 5.74) is 1.60. The van der Waals surface area contributed by atoms with Crippen molar-refractivity contribution in [2.75, 3.05) is 11.9 Å². The summed E-state index contributed by atoms with van der Waals surface area (Å²) >= 11 is 0. The topological polar surface area (TPSA) is 117 Å². The Balaban J connectivity index is 1.85. The number of carbonyl (C=O) groups is 3. The fourth-order valence-electron chi connectivity index (χ4n) is 2.06. The number of ether oxygens (including phenoxy) is 1. The monoisotopic (exact) mass is 343 g/mol. The van der Waals surface area contributed by atoms with Crippen molar-refractivity contribution >= 4 is 23.6 Å². The highest BCUT2D eigenvalue weighted by Gasteiger charge is 2.15. The van der Waals surface area contributed by atoms with Crippen LogP contribution in [0.3, 0.4) is 0 Å². The van der Waals surface area contributed by atoms with E-state index in [1.807, 2.05) is 31.3 Å². The number of anilines is 1. The van der Waals surface area contributed by atoms with Crippen molar-refractivity contribution in [3.63, 3.8) is 0 Å². The van der Waals surface area contributed by atoms with Crippen molar-refractivity contribution in [3.8, 4) is 0 Å². The molecule has 2 rings (SSSR count). The molecule has 25 heavy (non-hydrogen) atoms. The van der Waals surface area contributed by atoms with Crippen LogP contribution in [0.2, 0.25) is 0 Å². The lowest BCUT2D eigenvalue weighted by Crippen LogP contribution is -2.37. The highest BCUT2D eigenvalue weighted by molar-refractivity contribution is 6.02. The molecule has 0 bridgehead atoms. The van der Waals surface area contributed by atoms with Crippen molar-refractivity contribution < 1.29 is 19.1 Å². The molecule has 8 nitrogen and oxygen atoms in total. The Morgan fingerprint density at radius 2 is 1.92 bits per heavy atom. The molecule has 8 heteroatoms. The molecule has 0 radical (unpaired) electrons. The number of pyridine rings is 1. The molecule has 130 valence electrons. The fraction of sp³-hybridized carbons (Fsp3) is 0.176.